The van der Waals surface area contributed by atoms with Crippen molar-refractivity contribution in [3.63, 3.8) is 0 Å². The summed E-state index contributed by atoms with van der Waals surface area (Å²) in [6.45, 7) is 3.51. The summed E-state index contributed by atoms with van der Waals surface area (Å²) in [5.74, 6) is 0.134. The van der Waals surface area contributed by atoms with E-state index in [0.717, 1.165) is 26.2 Å². The van der Waals surface area contributed by atoms with Crippen LogP contribution in [0.4, 0.5) is 4.79 Å². The number of amides is 1. The summed E-state index contributed by atoms with van der Waals surface area (Å²) in [6, 6.07) is 16.8. The Labute approximate surface area is 136 Å². The fraction of sp³-hybridized carbons (Fsp3) is 0.316. The van der Waals surface area contributed by atoms with Crippen LogP contribution in [-0.2, 0) is 4.74 Å². The maximum absolute atomic E-state index is 12.3. The van der Waals surface area contributed by atoms with Crippen LogP contribution in [0.3, 0.4) is 0 Å². The molecule has 1 aliphatic carbocycles. The minimum absolute atomic E-state index is 0.134. The quantitative estimate of drug-likeness (QED) is 0.684. The highest BCUT2D eigenvalue weighted by Crippen LogP contribution is 2.44. The largest absolute Gasteiger partial charge is 0.448 e. The predicted molar refractivity (Wildman–Crippen MR) is 89.5 cm³/mol. The van der Waals surface area contributed by atoms with E-state index >= 15 is 0 Å². The summed E-state index contributed by atoms with van der Waals surface area (Å²) in [6.07, 6.45) is -0.201. The number of nitrogens with zero attached hydrogens (tertiary/aromatic N) is 1. The first-order chi connectivity index (χ1) is 11.3. The molecule has 1 N–H and O–H groups in total. The van der Waals surface area contributed by atoms with Gasteiger partial charge < -0.3 is 15.0 Å². The molecule has 0 bridgehead atoms. The molecule has 1 saturated heterocycles. The number of ether oxygens (including phenoxy) is 1. The van der Waals surface area contributed by atoms with E-state index in [-0.39, 0.29) is 12.0 Å². The van der Waals surface area contributed by atoms with Crippen molar-refractivity contribution in [1.82, 2.24) is 10.2 Å². The van der Waals surface area contributed by atoms with Crippen LogP contribution < -0.4 is 5.32 Å². The lowest BCUT2D eigenvalue weighted by Gasteiger charge is -2.27. The van der Waals surface area contributed by atoms with Crippen LogP contribution >= 0.6 is 0 Å². The Morgan fingerprint density at radius 1 is 1.00 bits per heavy atom. The SMILES string of the molecule is O=C(OCC1c2ccccc2-c2ccccc21)[15N]1[13CH2][13CH2][15NH][13CH2][13CH2]1. The first-order valence-corrected chi connectivity index (χ1v) is 8.15. The number of carbonyl (C=O) groups is 1. The monoisotopic (exact) mass is 314 g/mol. The molecule has 1 aliphatic heterocycles. The lowest BCUT2D eigenvalue weighted by atomic mass is 9.98. The van der Waals surface area contributed by atoms with Crippen LogP contribution in [0.2, 0.25) is 0 Å². The van der Waals surface area contributed by atoms with Gasteiger partial charge in [0.1, 0.15) is 6.61 Å². The van der Waals surface area contributed by atoms with Crippen LogP contribution in [-0.4, -0.2) is 43.8 Å². The number of rotatable bonds is 2. The number of carbonyl (C=O) groups excluding carboxylic acids is 1. The molecule has 2 aromatic rings. The summed E-state index contributed by atoms with van der Waals surface area (Å²) in [4.78, 5) is 14.0. The smallest absolute Gasteiger partial charge is 0.409 e. The van der Waals surface area contributed by atoms with E-state index in [4.69, 9.17) is 4.74 Å². The molecule has 4 heteroatoms. The lowest BCUT2D eigenvalue weighted by molar-refractivity contribution is 0.0953. The van der Waals surface area contributed by atoms with E-state index in [1.54, 1.807) is 4.90 Å². The van der Waals surface area contributed by atoms with Gasteiger partial charge >= 0.3 is 6.09 Å². The van der Waals surface area contributed by atoms with Gasteiger partial charge in [-0.05, 0) is 22.3 Å². The molecule has 2 aromatic carbocycles. The molecule has 4 rings (SSSR count). The van der Waals surface area contributed by atoms with Crippen LogP contribution in [0.25, 0.3) is 11.1 Å². The van der Waals surface area contributed by atoms with E-state index in [1.807, 2.05) is 0 Å². The van der Waals surface area contributed by atoms with Crippen molar-refractivity contribution in [2.45, 2.75) is 5.92 Å². The normalized spacial score (nSPS) is 16.8. The molecular weight excluding hydrogens is 294 g/mol. The molecule has 0 aromatic heterocycles. The van der Waals surface area contributed by atoms with Gasteiger partial charge in [0.25, 0.3) is 0 Å². The van der Waals surface area contributed by atoms with Gasteiger partial charge in [-0.15, -0.1) is 0 Å². The van der Waals surface area contributed by atoms with Gasteiger partial charge in [0.2, 0.25) is 0 Å². The van der Waals surface area contributed by atoms with Crippen molar-refractivity contribution in [2.75, 3.05) is 32.8 Å². The van der Waals surface area contributed by atoms with Crippen molar-refractivity contribution in [2.24, 2.45) is 0 Å². The molecule has 4 nitrogen and oxygen atoms in total. The highest BCUT2D eigenvalue weighted by molar-refractivity contribution is 5.79. The summed E-state index contributed by atoms with van der Waals surface area (Å²) in [7, 11) is 0. The fourth-order valence-corrected chi connectivity index (χ4v) is 3.53. The first-order valence-electron chi connectivity index (χ1n) is 8.15. The Bertz CT molecular complexity index is 677. The average Bonchev–Trinajstić information content (AvgIpc) is 2.94. The molecule has 0 unspecified atom stereocenters. The second kappa shape index (κ2) is 6.05. The number of nitrogens with one attached hydrogen (secondary N) is 1. The second-order valence-electron chi connectivity index (χ2n) is 6.04. The molecule has 1 heterocycles. The Balaban J connectivity index is 1.53. The van der Waals surface area contributed by atoms with Crippen molar-refractivity contribution in [1.29, 1.82) is 0 Å². The van der Waals surface area contributed by atoms with E-state index in [0.29, 0.717) is 6.61 Å². The highest BCUT2D eigenvalue weighted by Gasteiger charge is 2.29. The van der Waals surface area contributed by atoms with Gasteiger partial charge in [-0.1, -0.05) is 48.5 Å². The highest BCUT2D eigenvalue weighted by atomic mass is 16.6. The van der Waals surface area contributed by atoms with E-state index < -0.39 is 0 Å². The number of benzene rings is 2. The molecule has 0 saturated carbocycles. The third-order valence-electron chi connectivity index (χ3n) is 4.71. The van der Waals surface area contributed by atoms with Crippen molar-refractivity contribution in [3.8, 4) is 11.1 Å². The Morgan fingerprint density at radius 3 is 2.17 bits per heavy atom. The zero-order chi connectivity index (χ0) is 15.6. The predicted octanol–water partition coefficient (Wildman–Crippen LogP) is 2.84. The minimum Gasteiger partial charge on any atom is -0.448 e. The van der Waals surface area contributed by atoms with Gasteiger partial charge in [-0.2, -0.15) is 0 Å². The zero-order valence-electron chi connectivity index (χ0n) is 13.0. The molecule has 0 spiro atoms. The number of piperazine rings is 1. The average molecular weight is 314 g/mol. The van der Waals surface area contributed by atoms with Gasteiger partial charge in [-0.3, -0.25) is 0 Å². The van der Waals surface area contributed by atoms with Crippen molar-refractivity contribution < 1.29 is 9.53 Å². The van der Waals surface area contributed by atoms with Gasteiger partial charge in [0, 0.05) is 32.1 Å². The van der Waals surface area contributed by atoms with Crippen LogP contribution in [0, 0.1) is 0 Å². The zero-order valence-corrected chi connectivity index (χ0v) is 13.0. The summed E-state index contributed by atoms with van der Waals surface area (Å²) in [5, 5.41) is 3.24. The van der Waals surface area contributed by atoms with Crippen molar-refractivity contribution >= 4 is 6.09 Å². The third-order valence-corrected chi connectivity index (χ3v) is 4.71. The summed E-state index contributed by atoms with van der Waals surface area (Å²) in [5.41, 5.74) is 5.02. The first kappa shape index (κ1) is 14.3. The Hall–Kier alpha value is -2.33. The van der Waals surface area contributed by atoms with E-state index in [9.17, 15) is 4.79 Å². The molecule has 1 fully saturated rings. The molecule has 0 atom stereocenters. The van der Waals surface area contributed by atoms with Crippen LogP contribution in [0.15, 0.2) is 48.5 Å². The standard InChI is InChI=1S/C19H20N2O2/c22-19(21-11-9-20-10-12-21)23-13-18-16-7-3-1-5-14(16)15-6-2-4-8-17(15)18/h1-8,18,20H,9-13H2/i9+1,10+1,11+1,12+1,20+1,21+1. The number of fused-ring (bicyclic) bond motifs is 3. The molecule has 2 aliphatic rings. The third kappa shape index (κ3) is 2.59. The fourth-order valence-electron chi connectivity index (χ4n) is 3.53. The second-order valence-corrected chi connectivity index (χ2v) is 6.04. The maximum atomic E-state index is 12.3. The van der Waals surface area contributed by atoms with Crippen LogP contribution in [0.5, 0.6) is 0 Å². The van der Waals surface area contributed by atoms with Crippen molar-refractivity contribution in [3.05, 3.63) is 59.7 Å². The van der Waals surface area contributed by atoms with E-state index in [2.05, 4.69) is 53.8 Å². The van der Waals surface area contributed by atoms with E-state index in [1.165, 1.54) is 22.3 Å². The van der Waals surface area contributed by atoms with Gasteiger partial charge in [0.05, 0.1) is 0 Å². The van der Waals surface area contributed by atoms with Gasteiger partial charge in [-0.25, -0.2) is 4.79 Å². The topological polar surface area (TPSA) is 41.6 Å². The molecule has 0 radical (unpaired) electrons. The Morgan fingerprint density at radius 2 is 1.57 bits per heavy atom. The van der Waals surface area contributed by atoms with Crippen LogP contribution in [0.1, 0.15) is 17.0 Å². The molecule has 1 amide bonds. The number of hydrogen-bond donors (Lipinski definition) is 1. The summed E-state index contributed by atoms with van der Waals surface area (Å²) >= 11 is 0. The molecular formula is C19H20N2O2. The maximum Gasteiger partial charge on any atom is 0.409 e. The molecule has 118 valence electrons. The minimum atomic E-state index is -0.201. The summed E-state index contributed by atoms with van der Waals surface area (Å²) < 4.78 is 5.64. The van der Waals surface area contributed by atoms with Gasteiger partial charge in [0.15, 0.2) is 0 Å². The molecule has 23 heavy (non-hydrogen) atoms. The number of hydrogen-bond acceptors (Lipinski definition) is 3. The lowest BCUT2D eigenvalue weighted by Crippen LogP contribution is -2.46. The Kier molecular flexibility index (Phi) is 3.75.